The molecule has 1 aromatic carbocycles. The number of nitrogens with one attached hydrogen (secondary N) is 1. The number of benzene rings is 1. The molecule has 0 spiro atoms. The minimum Gasteiger partial charge on any atom is -0.493 e. The molecule has 0 saturated carbocycles. The van der Waals surface area contributed by atoms with E-state index in [4.69, 9.17) is 9.47 Å². The number of aromatic nitrogens is 2. The number of Topliss-reactive ketones (excluding diaryl/α,β-unsaturated/α-hetero) is 1. The van der Waals surface area contributed by atoms with Crippen LogP contribution in [0.15, 0.2) is 30.6 Å². The molecular formula is C20H24N4O4. The van der Waals surface area contributed by atoms with Crippen molar-refractivity contribution >= 4 is 17.6 Å². The van der Waals surface area contributed by atoms with Crippen LogP contribution in [-0.4, -0.2) is 60.9 Å². The molecule has 2 aromatic rings. The highest BCUT2D eigenvalue weighted by molar-refractivity contribution is 5.99. The summed E-state index contributed by atoms with van der Waals surface area (Å²) < 4.78 is 10.5. The van der Waals surface area contributed by atoms with E-state index in [2.05, 4.69) is 15.3 Å². The molecule has 28 heavy (non-hydrogen) atoms. The number of amides is 1. The summed E-state index contributed by atoms with van der Waals surface area (Å²) in [4.78, 5) is 35.6. The third-order valence-corrected chi connectivity index (χ3v) is 4.87. The fourth-order valence-corrected chi connectivity index (χ4v) is 3.35. The van der Waals surface area contributed by atoms with Gasteiger partial charge in [-0.3, -0.25) is 9.59 Å². The fourth-order valence-electron chi connectivity index (χ4n) is 3.35. The molecule has 8 nitrogen and oxygen atoms in total. The summed E-state index contributed by atoms with van der Waals surface area (Å²) in [5.41, 5.74) is 0.969. The number of piperidine rings is 1. The van der Waals surface area contributed by atoms with Crippen molar-refractivity contribution in [3.05, 3.63) is 41.7 Å². The molecular weight excluding hydrogens is 360 g/mol. The van der Waals surface area contributed by atoms with Gasteiger partial charge < -0.3 is 19.7 Å². The number of rotatable bonds is 6. The van der Waals surface area contributed by atoms with E-state index in [0.29, 0.717) is 41.7 Å². The van der Waals surface area contributed by atoms with Crippen molar-refractivity contribution in [1.29, 1.82) is 0 Å². The van der Waals surface area contributed by atoms with Crippen LogP contribution in [0.1, 0.15) is 33.6 Å². The normalized spacial score (nSPS) is 16.4. The van der Waals surface area contributed by atoms with E-state index in [1.807, 2.05) is 0 Å². The first-order chi connectivity index (χ1) is 13.6. The molecule has 1 saturated heterocycles. The van der Waals surface area contributed by atoms with Crippen LogP contribution in [0.3, 0.4) is 0 Å². The first-order valence-electron chi connectivity index (χ1n) is 9.12. The van der Waals surface area contributed by atoms with Gasteiger partial charge in [0, 0.05) is 44.0 Å². The van der Waals surface area contributed by atoms with Gasteiger partial charge in [0.2, 0.25) is 5.95 Å². The van der Waals surface area contributed by atoms with Gasteiger partial charge in [0.15, 0.2) is 17.3 Å². The molecule has 0 aliphatic carbocycles. The van der Waals surface area contributed by atoms with Gasteiger partial charge in [-0.1, -0.05) is 0 Å². The Morgan fingerprint density at radius 3 is 2.46 bits per heavy atom. The molecule has 0 unspecified atom stereocenters. The van der Waals surface area contributed by atoms with Crippen LogP contribution < -0.4 is 14.8 Å². The second-order valence-electron chi connectivity index (χ2n) is 6.57. The van der Waals surface area contributed by atoms with Crippen LogP contribution in [0.4, 0.5) is 5.95 Å². The third kappa shape index (κ3) is 4.05. The number of nitrogens with zero attached hydrogens (tertiary/aromatic N) is 3. The number of anilines is 1. The second-order valence-corrected chi connectivity index (χ2v) is 6.57. The molecule has 3 rings (SSSR count). The standard InChI is InChI=1S/C20H24N4O4/c1-21-20-22-10-15(11-23-20)19(26)24-8-4-5-14(12-24)18(25)13-6-7-16(27-2)17(9-13)28-3/h6-7,9-11,14H,4-5,8,12H2,1-3H3,(H,21,22,23)/t14-/m1/s1. The first kappa shape index (κ1) is 19.6. The lowest BCUT2D eigenvalue weighted by Crippen LogP contribution is -2.42. The van der Waals surface area contributed by atoms with Crippen LogP contribution in [-0.2, 0) is 0 Å². The van der Waals surface area contributed by atoms with Crippen molar-refractivity contribution in [2.45, 2.75) is 12.8 Å². The van der Waals surface area contributed by atoms with E-state index in [1.54, 1.807) is 37.3 Å². The van der Waals surface area contributed by atoms with Crippen LogP contribution >= 0.6 is 0 Å². The van der Waals surface area contributed by atoms with Crippen LogP contribution in [0.5, 0.6) is 11.5 Å². The van der Waals surface area contributed by atoms with Gasteiger partial charge in [-0.2, -0.15) is 0 Å². The minimum atomic E-state index is -0.256. The number of methoxy groups -OCH3 is 2. The number of likely N-dealkylation sites (tertiary alicyclic amines) is 1. The van der Waals surface area contributed by atoms with Crippen molar-refractivity contribution in [3.8, 4) is 11.5 Å². The lowest BCUT2D eigenvalue weighted by Gasteiger charge is -2.32. The summed E-state index contributed by atoms with van der Waals surface area (Å²) >= 11 is 0. The highest BCUT2D eigenvalue weighted by Gasteiger charge is 2.30. The SMILES string of the molecule is CNc1ncc(C(=O)N2CCC[C@@H](C(=O)c3ccc(OC)c(OC)c3)C2)cn1. The van der Waals surface area contributed by atoms with Gasteiger partial charge in [0.05, 0.1) is 19.8 Å². The maximum atomic E-state index is 13.0. The lowest BCUT2D eigenvalue weighted by molar-refractivity contribution is 0.0636. The van der Waals surface area contributed by atoms with Gasteiger partial charge in [-0.15, -0.1) is 0 Å². The Balaban J connectivity index is 1.73. The van der Waals surface area contributed by atoms with E-state index >= 15 is 0 Å². The second kappa shape index (κ2) is 8.69. The van der Waals surface area contributed by atoms with Gasteiger partial charge in [-0.05, 0) is 31.0 Å². The summed E-state index contributed by atoms with van der Waals surface area (Å²) in [5, 5.41) is 2.82. The molecule has 1 atom stereocenters. The Kier molecular flexibility index (Phi) is 6.08. The molecule has 0 radical (unpaired) electrons. The lowest BCUT2D eigenvalue weighted by atomic mass is 9.89. The number of hydrogen-bond donors (Lipinski definition) is 1. The Morgan fingerprint density at radius 2 is 1.82 bits per heavy atom. The summed E-state index contributed by atoms with van der Waals surface area (Å²) in [7, 11) is 4.80. The monoisotopic (exact) mass is 384 g/mol. The van der Waals surface area contributed by atoms with Gasteiger partial charge in [0.1, 0.15) is 0 Å². The Hall–Kier alpha value is -3.16. The van der Waals surface area contributed by atoms with Crippen molar-refractivity contribution in [1.82, 2.24) is 14.9 Å². The summed E-state index contributed by atoms with van der Waals surface area (Å²) in [6.45, 7) is 0.988. The van der Waals surface area contributed by atoms with E-state index in [1.165, 1.54) is 19.5 Å². The zero-order chi connectivity index (χ0) is 20.1. The zero-order valence-electron chi connectivity index (χ0n) is 16.3. The van der Waals surface area contributed by atoms with Crippen LogP contribution in [0.2, 0.25) is 0 Å². The van der Waals surface area contributed by atoms with E-state index in [0.717, 1.165) is 12.8 Å². The quantitative estimate of drug-likeness (QED) is 0.764. The Bertz CT molecular complexity index is 854. The highest BCUT2D eigenvalue weighted by Crippen LogP contribution is 2.30. The smallest absolute Gasteiger partial charge is 0.257 e. The topological polar surface area (TPSA) is 93.7 Å². The molecule has 1 aromatic heterocycles. The predicted octanol–water partition coefficient (Wildman–Crippen LogP) is 2.27. The fraction of sp³-hybridized carbons (Fsp3) is 0.400. The summed E-state index contributed by atoms with van der Waals surface area (Å²) in [6, 6.07) is 5.14. The van der Waals surface area contributed by atoms with Crippen LogP contribution in [0, 0.1) is 5.92 Å². The number of carbonyl (C=O) groups is 2. The number of ketones is 1. The average molecular weight is 384 g/mol. The summed E-state index contributed by atoms with van der Waals surface area (Å²) in [6.07, 6.45) is 4.51. The Labute approximate surface area is 163 Å². The van der Waals surface area contributed by atoms with E-state index < -0.39 is 0 Å². The maximum Gasteiger partial charge on any atom is 0.257 e. The molecule has 2 heterocycles. The van der Waals surface area contributed by atoms with Crippen molar-refractivity contribution in [2.75, 3.05) is 39.7 Å². The number of ether oxygens (including phenoxy) is 2. The molecule has 1 amide bonds. The number of hydrogen-bond acceptors (Lipinski definition) is 7. The van der Waals surface area contributed by atoms with Crippen LogP contribution in [0.25, 0.3) is 0 Å². The largest absolute Gasteiger partial charge is 0.493 e. The third-order valence-electron chi connectivity index (χ3n) is 4.87. The molecule has 8 heteroatoms. The van der Waals surface area contributed by atoms with Gasteiger partial charge in [-0.25, -0.2) is 9.97 Å². The molecule has 0 bridgehead atoms. The van der Waals surface area contributed by atoms with E-state index in [-0.39, 0.29) is 17.6 Å². The molecule has 148 valence electrons. The maximum absolute atomic E-state index is 13.0. The molecule has 1 aliphatic heterocycles. The average Bonchev–Trinajstić information content (AvgIpc) is 2.77. The number of carbonyl (C=O) groups excluding carboxylic acids is 2. The zero-order valence-corrected chi connectivity index (χ0v) is 16.3. The Morgan fingerprint density at radius 1 is 1.11 bits per heavy atom. The molecule has 1 fully saturated rings. The predicted molar refractivity (Wildman–Crippen MR) is 104 cm³/mol. The molecule has 1 N–H and O–H groups in total. The van der Waals surface area contributed by atoms with Crippen molar-refractivity contribution in [2.24, 2.45) is 5.92 Å². The minimum absolute atomic E-state index is 0.000217. The van der Waals surface area contributed by atoms with Crippen molar-refractivity contribution < 1.29 is 19.1 Å². The van der Waals surface area contributed by atoms with Gasteiger partial charge >= 0.3 is 0 Å². The highest BCUT2D eigenvalue weighted by atomic mass is 16.5. The summed E-state index contributed by atoms with van der Waals surface area (Å²) in [5.74, 6) is 1.13. The van der Waals surface area contributed by atoms with Gasteiger partial charge in [0.25, 0.3) is 5.91 Å². The first-order valence-corrected chi connectivity index (χ1v) is 9.12. The molecule has 1 aliphatic rings. The van der Waals surface area contributed by atoms with Crippen molar-refractivity contribution in [3.63, 3.8) is 0 Å². The van der Waals surface area contributed by atoms with E-state index in [9.17, 15) is 9.59 Å².